The van der Waals surface area contributed by atoms with Gasteiger partial charge in [-0.05, 0) is 55.4 Å². The van der Waals surface area contributed by atoms with Crippen LogP contribution in [-0.4, -0.2) is 61.3 Å². The van der Waals surface area contributed by atoms with Crippen LogP contribution in [0.4, 0.5) is 4.39 Å². The third-order valence-corrected chi connectivity index (χ3v) is 7.93. The van der Waals surface area contributed by atoms with Gasteiger partial charge >= 0.3 is 0 Å². The molecule has 0 radical (unpaired) electrons. The molecule has 10 heteroatoms. The summed E-state index contributed by atoms with van der Waals surface area (Å²) in [6.45, 7) is 0. The van der Waals surface area contributed by atoms with Crippen molar-refractivity contribution >= 4 is 22.7 Å². The molecular weight excluding hydrogens is 489 g/mol. The number of nitrogens with one attached hydrogen (secondary N) is 4. The Morgan fingerprint density at radius 3 is 2.58 bits per heavy atom. The van der Waals surface area contributed by atoms with Crippen LogP contribution in [0, 0.1) is 17.7 Å². The standard InChI is InChI=1S/C28H36FN5O4/c29-19-8-9-21-18(11-19)12-23(32-21)27(37)34-24(13-20-14-30-15-31-20)28(38)33-22(10-16-4-2-1-3-5-16)26(36)25(35)17-6-7-17/h8-9,11-12,14-17,22,24-26,32,35-36H,1-7,10,13H2,(H,30,31)(H,33,38)(H,34,37)/t22-,24-,25-,26+/m0/s1. The number of carbonyl (C=O) groups excluding carboxylic acids is 2. The van der Waals surface area contributed by atoms with Gasteiger partial charge in [-0.2, -0.15) is 0 Å². The molecule has 2 amide bonds. The highest BCUT2D eigenvalue weighted by atomic mass is 19.1. The maximum atomic E-state index is 13.6. The van der Waals surface area contributed by atoms with E-state index in [1.54, 1.807) is 18.3 Å². The van der Waals surface area contributed by atoms with Crippen molar-refractivity contribution in [1.82, 2.24) is 25.6 Å². The topological polar surface area (TPSA) is 143 Å². The molecule has 2 aliphatic rings. The minimum Gasteiger partial charge on any atom is -0.390 e. The van der Waals surface area contributed by atoms with E-state index in [2.05, 4.69) is 25.6 Å². The molecule has 2 aromatic heterocycles. The van der Waals surface area contributed by atoms with Crippen molar-refractivity contribution in [2.45, 2.75) is 82.1 Å². The Bertz CT molecular complexity index is 1240. The molecule has 0 aliphatic heterocycles. The van der Waals surface area contributed by atoms with Gasteiger partial charge in [-0.1, -0.05) is 32.1 Å². The number of aliphatic hydroxyl groups excluding tert-OH is 2. The number of halogens is 1. The average Bonchev–Trinajstić information content (AvgIpc) is 3.47. The van der Waals surface area contributed by atoms with Gasteiger partial charge in [0.25, 0.3) is 5.91 Å². The van der Waals surface area contributed by atoms with E-state index in [0.29, 0.717) is 28.9 Å². The molecule has 204 valence electrons. The molecular formula is C28H36FN5O4. The highest BCUT2D eigenvalue weighted by molar-refractivity contribution is 6.00. The molecule has 2 saturated carbocycles. The van der Waals surface area contributed by atoms with E-state index in [1.165, 1.54) is 24.9 Å². The van der Waals surface area contributed by atoms with Crippen LogP contribution in [0.2, 0.25) is 0 Å². The Morgan fingerprint density at radius 2 is 1.87 bits per heavy atom. The highest BCUT2D eigenvalue weighted by Gasteiger charge is 2.40. The van der Waals surface area contributed by atoms with Crippen LogP contribution >= 0.6 is 0 Å². The van der Waals surface area contributed by atoms with E-state index in [1.807, 2.05) is 0 Å². The third kappa shape index (κ3) is 6.42. The first-order valence-corrected chi connectivity index (χ1v) is 13.6. The van der Waals surface area contributed by atoms with Gasteiger partial charge in [0.15, 0.2) is 0 Å². The normalized spacial score (nSPS) is 19.6. The van der Waals surface area contributed by atoms with Gasteiger partial charge in [0, 0.05) is 29.2 Å². The van der Waals surface area contributed by atoms with Crippen molar-refractivity contribution in [1.29, 1.82) is 0 Å². The first kappa shape index (κ1) is 26.4. The van der Waals surface area contributed by atoms with E-state index in [9.17, 15) is 24.2 Å². The lowest BCUT2D eigenvalue weighted by atomic mass is 9.82. The fourth-order valence-corrected chi connectivity index (χ4v) is 5.59. The lowest BCUT2D eigenvalue weighted by Gasteiger charge is -2.33. The number of aliphatic hydroxyl groups is 2. The Labute approximate surface area is 220 Å². The van der Waals surface area contributed by atoms with Crippen molar-refractivity contribution < 1.29 is 24.2 Å². The number of rotatable bonds is 11. The van der Waals surface area contributed by atoms with Crippen LogP contribution in [0.3, 0.4) is 0 Å². The maximum Gasteiger partial charge on any atom is 0.268 e. The second-order valence-corrected chi connectivity index (χ2v) is 10.9. The molecule has 0 unspecified atom stereocenters. The number of benzene rings is 1. The molecule has 5 rings (SSSR count). The number of amides is 2. The number of aromatic nitrogens is 3. The fourth-order valence-electron chi connectivity index (χ4n) is 5.59. The monoisotopic (exact) mass is 525 g/mol. The van der Waals surface area contributed by atoms with E-state index in [4.69, 9.17) is 0 Å². The van der Waals surface area contributed by atoms with Gasteiger partial charge in [0.2, 0.25) is 5.91 Å². The summed E-state index contributed by atoms with van der Waals surface area (Å²) in [4.78, 5) is 36.7. The highest BCUT2D eigenvalue weighted by Crippen LogP contribution is 2.36. The maximum absolute atomic E-state index is 13.6. The smallest absolute Gasteiger partial charge is 0.268 e. The van der Waals surface area contributed by atoms with Gasteiger partial charge < -0.3 is 30.8 Å². The second kappa shape index (κ2) is 11.7. The van der Waals surface area contributed by atoms with E-state index < -0.39 is 41.9 Å². The zero-order valence-corrected chi connectivity index (χ0v) is 21.3. The number of carbonyl (C=O) groups is 2. The molecule has 3 aromatic rings. The van der Waals surface area contributed by atoms with Crippen LogP contribution in [-0.2, 0) is 11.2 Å². The fraction of sp³-hybridized carbons (Fsp3) is 0.536. The number of fused-ring (bicyclic) bond motifs is 1. The second-order valence-electron chi connectivity index (χ2n) is 10.9. The van der Waals surface area contributed by atoms with Gasteiger partial charge in [-0.3, -0.25) is 9.59 Å². The van der Waals surface area contributed by atoms with E-state index in [-0.39, 0.29) is 18.0 Å². The molecule has 2 fully saturated rings. The summed E-state index contributed by atoms with van der Waals surface area (Å²) < 4.78 is 13.6. The molecule has 2 heterocycles. The number of aromatic amines is 2. The summed E-state index contributed by atoms with van der Waals surface area (Å²) in [6.07, 6.45) is 9.10. The molecule has 1 aromatic carbocycles. The van der Waals surface area contributed by atoms with Gasteiger partial charge in [0.05, 0.1) is 18.5 Å². The van der Waals surface area contributed by atoms with Crippen molar-refractivity contribution in [3.8, 4) is 0 Å². The molecule has 0 spiro atoms. The zero-order valence-electron chi connectivity index (χ0n) is 21.3. The van der Waals surface area contributed by atoms with Crippen molar-refractivity contribution in [2.75, 3.05) is 0 Å². The largest absolute Gasteiger partial charge is 0.390 e. The van der Waals surface area contributed by atoms with E-state index >= 15 is 0 Å². The lowest BCUT2D eigenvalue weighted by Crippen LogP contribution is -2.56. The number of hydrogen-bond acceptors (Lipinski definition) is 5. The summed E-state index contributed by atoms with van der Waals surface area (Å²) in [6, 6.07) is 4.14. The third-order valence-electron chi connectivity index (χ3n) is 7.93. The lowest BCUT2D eigenvalue weighted by molar-refractivity contribution is -0.125. The van der Waals surface area contributed by atoms with Crippen molar-refractivity contribution in [2.24, 2.45) is 11.8 Å². The summed E-state index contributed by atoms with van der Waals surface area (Å²) in [5, 5.41) is 28.1. The van der Waals surface area contributed by atoms with Gasteiger partial charge in [-0.25, -0.2) is 9.37 Å². The first-order chi connectivity index (χ1) is 18.4. The van der Waals surface area contributed by atoms with Crippen LogP contribution in [0.5, 0.6) is 0 Å². The Hall–Kier alpha value is -3.24. The zero-order chi connectivity index (χ0) is 26.6. The Balaban J connectivity index is 1.33. The molecule has 4 atom stereocenters. The van der Waals surface area contributed by atoms with E-state index in [0.717, 1.165) is 38.5 Å². The molecule has 0 bridgehead atoms. The number of H-pyrrole nitrogens is 2. The average molecular weight is 526 g/mol. The Morgan fingerprint density at radius 1 is 1.08 bits per heavy atom. The summed E-state index contributed by atoms with van der Waals surface area (Å²) >= 11 is 0. The first-order valence-electron chi connectivity index (χ1n) is 13.6. The minimum atomic E-state index is -1.08. The molecule has 9 nitrogen and oxygen atoms in total. The quantitative estimate of drug-likeness (QED) is 0.228. The van der Waals surface area contributed by atoms with Crippen molar-refractivity contribution in [3.63, 3.8) is 0 Å². The predicted octanol–water partition coefficient (Wildman–Crippen LogP) is 2.96. The van der Waals surface area contributed by atoms with Gasteiger partial charge in [0.1, 0.15) is 23.7 Å². The minimum absolute atomic E-state index is 0.0584. The van der Waals surface area contributed by atoms with Crippen LogP contribution < -0.4 is 10.6 Å². The molecule has 2 aliphatic carbocycles. The SMILES string of the molecule is O=C(N[C@@H](Cc1cnc[nH]1)C(=O)N[C@@H](CC1CCCCC1)[C@@H](O)[C@@H](O)C1CC1)c1cc2cc(F)ccc2[nH]1. The van der Waals surface area contributed by atoms with Crippen LogP contribution in [0.15, 0.2) is 36.8 Å². The number of imidazole rings is 1. The molecule has 38 heavy (non-hydrogen) atoms. The van der Waals surface area contributed by atoms with Crippen LogP contribution in [0.1, 0.15) is 67.5 Å². The summed E-state index contributed by atoms with van der Waals surface area (Å²) in [5.41, 5.74) is 1.47. The number of nitrogens with zero attached hydrogens (tertiary/aromatic N) is 1. The Kier molecular flexibility index (Phi) is 8.09. The molecule has 0 saturated heterocycles. The van der Waals surface area contributed by atoms with Gasteiger partial charge in [-0.15, -0.1) is 0 Å². The summed E-state index contributed by atoms with van der Waals surface area (Å²) in [7, 11) is 0. The van der Waals surface area contributed by atoms with Crippen LogP contribution in [0.25, 0.3) is 10.9 Å². The number of hydrogen-bond donors (Lipinski definition) is 6. The summed E-state index contributed by atoms with van der Waals surface area (Å²) in [5.74, 6) is -0.942. The predicted molar refractivity (Wildman–Crippen MR) is 140 cm³/mol. The molecule has 6 N–H and O–H groups in total. The van der Waals surface area contributed by atoms with Crippen molar-refractivity contribution in [3.05, 3.63) is 54.0 Å².